The van der Waals surface area contributed by atoms with Crippen LogP contribution in [0.5, 0.6) is 5.75 Å². The first-order valence-electron chi connectivity index (χ1n) is 9.58. The molecule has 0 bridgehead atoms. The molecule has 0 aliphatic carbocycles. The molecule has 1 aliphatic rings. The van der Waals surface area contributed by atoms with Crippen molar-refractivity contribution in [3.8, 4) is 5.75 Å². The van der Waals surface area contributed by atoms with Crippen molar-refractivity contribution in [2.24, 2.45) is 5.92 Å². The summed E-state index contributed by atoms with van der Waals surface area (Å²) < 4.78 is 47.6. The average Bonchev–Trinajstić information content (AvgIpc) is 2.63. The highest BCUT2D eigenvalue weighted by molar-refractivity contribution is 6.30. The van der Waals surface area contributed by atoms with Crippen molar-refractivity contribution >= 4 is 23.6 Å². The highest BCUT2D eigenvalue weighted by atomic mass is 35.5. The highest BCUT2D eigenvalue weighted by Crippen LogP contribution is 2.26. The third kappa shape index (κ3) is 7.93. The van der Waals surface area contributed by atoms with E-state index < -0.39 is 30.4 Å². The Hall–Kier alpha value is -2.16. The molecule has 1 saturated heterocycles. The predicted octanol–water partition coefficient (Wildman–Crippen LogP) is 4.54. The number of ether oxygens (including phenoxy) is 2. The van der Waals surface area contributed by atoms with E-state index in [1.54, 1.807) is 20.8 Å². The summed E-state index contributed by atoms with van der Waals surface area (Å²) in [5.41, 5.74) is -0.259. The number of halogens is 4. The lowest BCUT2D eigenvalue weighted by atomic mass is 9.97. The van der Waals surface area contributed by atoms with Crippen LogP contribution in [0.4, 0.5) is 18.0 Å². The van der Waals surface area contributed by atoms with Crippen LogP contribution in [-0.4, -0.2) is 48.4 Å². The number of nitrogens with zero attached hydrogens (tertiary/aromatic N) is 1. The maximum Gasteiger partial charge on any atom is 0.422 e. The number of rotatable bonds is 5. The van der Waals surface area contributed by atoms with E-state index in [1.165, 1.54) is 23.1 Å². The molecule has 1 aromatic carbocycles. The fraction of sp³-hybridized carbons (Fsp3) is 0.600. The molecule has 0 aromatic heterocycles. The summed E-state index contributed by atoms with van der Waals surface area (Å²) in [5.74, 6) is -0.766. The van der Waals surface area contributed by atoms with Crippen LogP contribution in [0.25, 0.3) is 0 Å². The van der Waals surface area contributed by atoms with Crippen molar-refractivity contribution in [3.63, 3.8) is 0 Å². The number of likely N-dealkylation sites (tertiary alicyclic amines) is 1. The Morgan fingerprint density at radius 1 is 1.27 bits per heavy atom. The molecule has 1 unspecified atom stereocenters. The lowest BCUT2D eigenvalue weighted by molar-refractivity contribution is -0.153. The molecule has 0 radical (unpaired) electrons. The van der Waals surface area contributed by atoms with E-state index in [0.717, 1.165) is 0 Å². The Balaban J connectivity index is 1.96. The zero-order valence-corrected chi connectivity index (χ0v) is 17.9. The molecule has 1 aromatic rings. The van der Waals surface area contributed by atoms with E-state index in [4.69, 9.17) is 21.1 Å². The van der Waals surface area contributed by atoms with Gasteiger partial charge in [0.25, 0.3) is 0 Å². The van der Waals surface area contributed by atoms with Gasteiger partial charge in [0.05, 0.1) is 5.92 Å². The third-order valence-electron chi connectivity index (χ3n) is 4.32. The van der Waals surface area contributed by atoms with Crippen molar-refractivity contribution in [1.82, 2.24) is 10.2 Å². The van der Waals surface area contributed by atoms with Crippen LogP contribution in [0.2, 0.25) is 5.02 Å². The number of carbonyl (C=O) groups excluding carboxylic acids is 2. The normalized spacial score (nSPS) is 17.4. The summed E-state index contributed by atoms with van der Waals surface area (Å²) in [7, 11) is 0. The van der Waals surface area contributed by atoms with E-state index in [2.05, 4.69) is 5.32 Å². The molecule has 2 amide bonds. The van der Waals surface area contributed by atoms with Crippen LogP contribution in [0.3, 0.4) is 0 Å². The first-order valence-corrected chi connectivity index (χ1v) is 9.95. The topological polar surface area (TPSA) is 67.9 Å². The maximum atomic E-state index is 12.6. The number of carbonyl (C=O) groups is 2. The van der Waals surface area contributed by atoms with Crippen LogP contribution >= 0.6 is 11.6 Å². The molecular formula is C20H26ClF3N2O4. The Morgan fingerprint density at radius 3 is 2.60 bits per heavy atom. The summed E-state index contributed by atoms with van der Waals surface area (Å²) in [4.78, 5) is 26.3. The zero-order valence-electron chi connectivity index (χ0n) is 17.1. The van der Waals surface area contributed by atoms with Crippen molar-refractivity contribution < 1.29 is 32.2 Å². The van der Waals surface area contributed by atoms with Crippen LogP contribution < -0.4 is 10.1 Å². The van der Waals surface area contributed by atoms with Gasteiger partial charge < -0.3 is 19.7 Å². The van der Waals surface area contributed by atoms with Gasteiger partial charge in [-0.25, -0.2) is 4.79 Å². The van der Waals surface area contributed by atoms with E-state index in [1.807, 2.05) is 0 Å². The Kier molecular flexibility index (Phi) is 7.85. The van der Waals surface area contributed by atoms with Crippen molar-refractivity contribution in [3.05, 3.63) is 28.8 Å². The minimum Gasteiger partial charge on any atom is -0.484 e. The maximum absolute atomic E-state index is 12.6. The standard InChI is InChI=1S/C20H26ClF3N2O4/c1-19(2,3)30-18(28)26-8-4-5-14(11-26)17(27)25-10-13-6-7-15(21)9-16(13)29-12-20(22,23)24/h6-7,9,14H,4-5,8,10-12H2,1-3H3,(H,25,27). The number of amides is 2. The second-order valence-corrected chi connectivity index (χ2v) is 8.58. The molecule has 0 saturated carbocycles. The average molecular weight is 451 g/mol. The summed E-state index contributed by atoms with van der Waals surface area (Å²) in [6.07, 6.45) is -3.71. The number of hydrogen-bond donors (Lipinski definition) is 1. The van der Waals surface area contributed by atoms with Gasteiger partial charge in [-0.2, -0.15) is 13.2 Å². The molecule has 168 valence electrons. The highest BCUT2D eigenvalue weighted by Gasteiger charge is 2.31. The molecular weight excluding hydrogens is 425 g/mol. The van der Waals surface area contributed by atoms with Crippen molar-refractivity contribution in [2.45, 2.75) is 51.9 Å². The third-order valence-corrected chi connectivity index (χ3v) is 4.55. The number of nitrogens with one attached hydrogen (secondary N) is 1. The fourth-order valence-corrected chi connectivity index (χ4v) is 3.14. The van der Waals surface area contributed by atoms with E-state index >= 15 is 0 Å². The second-order valence-electron chi connectivity index (χ2n) is 8.14. The van der Waals surface area contributed by atoms with E-state index in [0.29, 0.717) is 24.9 Å². The van der Waals surface area contributed by atoms with Gasteiger partial charge >= 0.3 is 12.3 Å². The number of alkyl halides is 3. The van der Waals surface area contributed by atoms with Crippen molar-refractivity contribution in [2.75, 3.05) is 19.7 Å². The van der Waals surface area contributed by atoms with Gasteiger partial charge in [-0.05, 0) is 45.7 Å². The minimum atomic E-state index is -4.49. The minimum absolute atomic E-state index is 0.0217. The lowest BCUT2D eigenvalue weighted by Gasteiger charge is -2.33. The van der Waals surface area contributed by atoms with Gasteiger partial charge in [-0.1, -0.05) is 17.7 Å². The van der Waals surface area contributed by atoms with Gasteiger partial charge in [0.1, 0.15) is 11.4 Å². The summed E-state index contributed by atoms with van der Waals surface area (Å²) >= 11 is 5.84. The molecule has 1 fully saturated rings. The molecule has 0 spiro atoms. The first kappa shape index (κ1) is 24.1. The quantitative estimate of drug-likeness (QED) is 0.715. The number of benzene rings is 1. The van der Waals surface area contributed by atoms with Gasteiger partial charge in [0, 0.05) is 30.2 Å². The van der Waals surface area contributed by atoms with E-state index in [9.17, 15) is 22.8 Å². The zero-order chi connectivity index (χ0) is 22.5. The lowest BCUT2D eigenvalue weighted by Crippen LogP contribution is -2.46. The first-order chi connectivity index (χ1) is 13.8. The largest absolute Gasteiger partial charge is 0.484 e. The number of piperidine rings is 1. The SMILES string of the molecule is CC(C)(C)OC(=O)N1CCCC(C(=O)NCc2ccc(Cl)cc2OCC(F)(F)F)C1. The summed E-state index contributed by atoms with van der Waals surface area (Å²) in [6, 6.07) is 4.29. The van der Waals surface area contributed by atoms with Gasteiger partial charge in [0.2, 0.25) is 5.91 Å². The molecule has 30 heavy (non-hydrogen) atoms. The van der Waals surface area contributed by atoms with Gasteiger partial charge in [-0.3, -0.25) is 4.79 Å². The Morgan fingerprint density at radius 2 is 1.97 bits per heavy atom. The van der Waals surface area contributed by atoms with E-state index in [-0.39, 0.29) is 29.8 Å². The van der Waals surface area contributed by atoms with Crippen LogP contribution in [0, 0.1) is 5.92 Å². The molecule has 10 heteroatoms. The van der Waals surface area contributed by atoms with Crippen LogP contribution in [0.15, 0.2) is 18.2 Å². The second kappa shape index (κ2) is 9.76. The van der Waals surface area contributed by atoms with Gasteiger partial charge in [-0.15, -0.1) is 0 Å². The Bertz CT molecular complexity index is 765. The van der Waals surface area contributed by atoms with Crippen LogP contribution in [0.1, 0.15) is 39.2 Å². The Labute approximate surface area is 178 Å². The monoisotopic (exact) mass is 450 g/mol. The van der Waals surface area contributed by atoms with Crippen LogP contribution in [-0.2, 0) is 16.1 Å². The smallest absolute Gasteiger partial charge is 0.422 e. The molecule has 1 aliphatic heterocycles. The summed E-state index contributed by atoms with van der Waals surface area (Å²) in [6.45, 7) is 4.55. The molecule has 2 rings (SSSR count). The number of hydrogen-bond acceptors (Lipinski definition) is 4. The molecule has 1 atom stereocenters. The molecule has 1 heterocycles. The van der Waals surface area contributed by atoms with Crippen molar-refractivity contribution in [1.29, 1.82) is 0 Å². The fourth-order valence-electron chi connectivity index (χ4n) is 2.98. The predicted molar refractivity (Wildman–Crippen MR) is 105 cm³/mol. The summed E-state index contributed by atoms with van der Waals surface area (Å²) in [5, 5.41) is 2.94. The van der Waals surface area contributed by atoms with Gasteiger partial charge in [0.15, 0.2) is 6.61 Å². The molecule has 6 nitrogen and oxygen atoms in total. The molecule has 1 N–H and O–H groups in total.